The SMILES string of the molecule is CC1(C)c2cc(-c3ccc4c(c3)Oc3c(ccc5ccccc35)N4c3ccc4ccc5c(-c6ccccc6)ccc6ccc3c4c65)ccc2N(c2cccc3ccccc23)c2ccc3ccccc3c21. The lowest BCUT2D eigenvalue weighted by molar-refractivity contribution is 0.483. The average molecular weight is 893 g/mol. The third-order valence-corrected chi connectivity index (χ3v) is 15.5. The fourth-order valence-electron chi connectivity index (χ4n) is 12.3. The molecule has 3 heteroatoms. The summed E-state index contributed by atoms with van der Waals surface area (Å²) in [6.45, 7) is 4.80. The van der Waals surface area contributed by atoms with Crippen LogP contribution in [0, 0.1) is 0 Å². The highest BCUT2D eigenvalue weighted by atomic mass is 16.5. The fraction of sp³-hybridized carbons (Fsp3) is 0.0448. The van der Waals surface area contributed by atoms with Crippen molar-refractivity contribution in [3.63, 3.8) is 0 Å². The van der Waals surface area contributed by atoms with Gasteiger partial charge in [-0.3, -0.25) is 0 Å². The van der Waals surface area contributed by atoms with Gasteiger partial charge in [0.15, 0.2) is 11.5 Å². The second-order valence-corrected chi connectivity index (χ2v) is 19.6. The van der Waals surface area contributed by atoms with E-state index >= 15 is 0 Å². The van der Waals surface area contributed by atoms with E-state index in [0.717, 1.165) is 50.5 Å². The minimum atomic E-state index is -0.321. The first kappa shape index (κ1) is 39.1. The maximum Gasteiger partial charge on any atom is 0.159 e. The normalized spacial score (nSPS) is 13.7. The minimum absolute atomic E-state index is 0.321. The summed E-state index contributed by atoms with van der Waals surface area (Å²) in [5.74, 6) is 1.68. The van der Waals surface area contributed by atoms with Gasteiger partial charge in [0.05, 0.1) is 34.1 Å². The van der Waals surface area contributed by atoms with Crippen LogP contribution < -0.4 is 14.5 Å². The standard InChI is InChI=1S/C67H44N2O/c1-67(2)55-39-47(29-35-58(55)68(56-22-12-18-42-15-6-9-19-50(42)56)60-37-26-43-16-7-10-20-51(43)65(60)67)48-30-36-59-62(40-48)70-66-52-21-11-8-17-44(52)27-38-61(66)69(59)57-34-28-46-24-32-53-49(41-13-4-3-5-14-41)31-23-45-25-33-54(57)64(46)63(45)53/h3-40H,1-2H3. The zero-order valence-electron chi connectivity index (χ0n) is 38.7. The average Bonchev–Trinajstić information content (AvgIpc) is 3.41. The van der Waals surface area contributed by atoms with Crippen molar-refractivity contribution >= 4 is 98.8 Å². The Morgan fingerprint density at radius 2 is 0.857 bits per heavy atom. The predicted molar refractivity (Wildman–Crippen MR) is 295 cm³/mol. The van der Waals surface area contributed by atoms with Crippen LogP contribution in [0.5, 0.6) is 11.5 Å². The monoisotopic (exact) mass is 892 g/mol. The highest BCUT2D eigenvalue weighted by molar-refractivity contribution is 6.28. The van der Waals surface area contributed by atoms with E-state index in [-0.39, 0.29) is 5.41 Å². The summed E-state index contributed by atoms with van der Waals surface area (Å²) in [6, 6.07) is 85.0. The van der Waals surface area contributed by atoms with Gasteiger partial charge in [0, 0.05) is 21.6 Å². The molecule has 3 nitrogen and oxygen atoms in total. The largest absolute Gasteiger partial charge is 0.452 e. The van der Waals surface area contributed by atoms with Gasteiger partial charge in [-0.05, 0) is 130 Å². The van der Waals surface area contributed by atoms with E-state index in [1.807, 2.05) is 0 Å². The molecule has 0 atom stereocenters. The Balaban J connectivity index is 0.927. The summed E-state index contributed by atoms with van der Waals surface area (Å²) >= 11 is 0. The Kier molecular flexibility index (Phi) is 8.13. The molecule has 0 amide bonds. The number of ether oxygens (including phenoxy) is 1. The molecule has 0 fully saturated rings. The lowest BCUT2D eigenvalue weighted by Crippen LogP contribution is -2.31. The van der Waals surface area contributed by atoms with Crippen molar-refractivity contribution in [1.29, 1.82) is 0 Å². The number of hydrogen-bond donors (Lipinski definition) is 0. The van der Waals surface area contributed by atoms with Crippen molar-refractivity contribution in [1.82, 2.24) is 0 Å². The first-order valence-electron chi connectivity index (χ1n) is 24.3. The van der Waals surface area contributed by atoms with Crippen molar-refractivity contribution in [3.8, 4) is 33.8 Å². The lowest BCUT2D eigenvalue weighted by atomic mass is 9.71. The van der Waals surface area contributed by atoms with Crippen molar-refractivity contribution < 1.29 is 4.74 Å². The molecule has 0 saturated heterocycles. The molecule has 0 bridgehead atoms. The number of fused-ring (bicyclic) bond motifs is 9. The summed E-state index contributed by atoms with van der Waals surface area (Å²) < 4.78 is 7.21. The molecule has 13 aromatic rings. The molecule has 2 heterocycles. The maximum atomic E-state index is 7.21. The molecule has 0 spiro atoms. The van der Waals surface area contributed by atoms with Gasteiger partial charge < -0.3 is 14.5 Å². The molecule has 15 rings (SSSR count). The molecule has 2 aliphatic heterocycles. The maximum absolute atomic E-state index is 7.21. The van der Waals surface area contributed by atoms with E-state index in [0.29, 0.717) is 0 Å². The first-order valence-corrected chi connectivity index (χ1v) is 24.3. The smallest absolute Gasteiger partial charge is 0.159 e. The highest BCUT2D eigenvalue weighted by Gasteiger charge is 2.39. The van der Waals surface area contributed by atoms with Crippen molar-refractivity contribution in [3.05, 3.63) is 242 Å². The van der Waals surface area contributed by atoms with E-state index in [9.17, 15) is 0 Å². The molecule has 328 valence electrons. The summed E-state index contributed by atoms with van der Waals surface area (Å²) in [6.07, 6.45) is 0. The third kappa shape index (κ3) is 5.52. The molecular weight excluding hydrogens is 849 g/mol. The van der Waals surface area contributed by atoms with Crippen molar-refractivity contribution in [2.45, 2.75) is 19.3 Å². The van der Waals surface area contributed by atoms with Crippen LogP contribution in [0.1, 0.15) is 25.0 Å². The van der Waals surface area contributed by atoms with Crippen LogP contribution >= 0.6 is 0 Å². The second kappa shape index (κ2) is 14.5. The second-order valence-electron chi connectivity index (χ2n) is 19.6. The number of nitrogens with zero attached hydrogens (tertiary/aromatic N) is 2. The Morgan fingerprint density at radius 1 is 0.329 bits per heavy atom. The molecular formula is C67H44N2O. The molecule has 0 aromatic heterocycles. The van der Waals surface area contributed by atoms with E-state index in [1.165, 1.54) is 93.2 Å². The van der Waals surface area contributed by atoms with E-state index in [2.05, 4.69) is 254 Å². The molecule has 0 radical (unpaired) electrons. The van der Waals surface area contributed by atoms with Crippen LogP contribution in [0.3, 0.4) is 0 Å². The molecule has 0 N–H and O–H groups in total. The Morgan fingerprint density at radius 3 is 1.66 bits per heavy atom. The molecule has 0 unspecified atom stereocenters. The van der Waals surface area contributed by atoms with Gasteiger partial charge >= 0.3 is 0 Å². The van der Waals surface area contributed by atoms with Crippen LogP contribution in [0.25, 0.3) is 86.9 Å². The molecule has 0 aliphatic carbocycles. The summed E-state index contributed by atoms with van der Waals surface area (Å²) in [5, 5.41) is 14.7. The number of hydrogen-bond acceptors (Lipinski definition) is 3. The summed E-state index contributed by atoms with van der Waals surface area (Å²) in [5.41, 5.74) is 13.8. The van der Waals surface area contributed by atoms with Gasteiger partial charge in [0.25, 0.3) is 0 Å². The van der Waals surface area contributed by atoms with Gasteiger partial charge in [0.2, 0.25) is 0 Å². The van der Waals surface area contributed by atoms with E-state index < -0.39 is 0 Å². The van der Waals surface area contributed by atoms with E-state index in [4.69, 9.17) is 4.74 Å². The molecule has 0 saturated carbocycles. The van der Waals surface area contributed by atoms with Crippen LogP contribution in [0.4, 0.5) is 34.1 Å². The summed E-state index contributed by atoms with van der Waals surface area (Å²) in [4.78, 5) is 4.94. The first-order chi connectivity index (χ1) is 34.5. The minimum Gasteiger partial charge on any atom is -0.452 e. The zero-order chi connectivity index (χ0) is 46.2. The van der Waals surface area contributed by atoms with E-state index in [1.54, 1.807) is 0 Å². The predicted octanol–water partition coefficient (Wildman–Crippen LogP) is 19.1. The van der Waals surface area contributed by atoms with Gasteiger partial charge in [-0.25, -0.2) is 0 Å². The topological polar surface area (TPSA) is 15.7 Å². The molecule has 2 aliphatic rings. The Labute approximate surface area is 406 Å². The quantitative estimate of drug-likeness (QED) is 0.164. The number of anilines is 6. The van der Waals surface area contributed by atoms with Gasteiger partial charge in [-0.2, -0.15) is 0 Å². The zero-order valence-corrected chi connectivity index (χ0v) is 38.7. The number of benzene rings is 13. The fourth-order valence-corrected chi connectivity index (χ4v) is 12.3. The molecule has 13 aromatic carbocycles. The van der Waals surface area contributed by atoms with Crippen LogP contribution in [-0.2, 0) is 5.41 Å². The van der Waals surface area contributed by atoms with Gasteiger partial charge in [-0.1, -0.05) is 196 Å². The lowest BCUT2D eigenvalue weighted by Gasteiger charge is -2.43. The van der Waals surface area contributed by atoms with Crippen LogP contribution in [0.15, 0.2) is 231 Å². The third-order valence-electron chi connectivity index (χ3n) is 15.5. The summed E-state index contributed by atoms with van der Waals surface area (Å²) in [7, 11) is 0. The van der Waals surface area contributed by atoms with Crippen LogP contribution in [-0.4, -0.2) is 0 Å². The Hall–Kier alpha value is -8.92. The number of rotatable bonds is 4. The van der Waals surface area contributed by atoms with Gasteiger partial charge in [0.1, 0.15) is 0 Å². The van der Waals surface area contributed by atoms with Gasteiger partial charge in [-0.15, -0.1) is 0 Å². The van der Waals surface area contributed by atoms with Crippen molar-refractivity contribution in [2.24, 2.45) is 0 Å². The molecule has 70 heavy (non-hydrogen) atoms. The Bertz CT molecular complexity index is 4320. The van der Waals surface area contributed by atoms with Crippen LogP contribution in [0.2, 0.25) is 0 Å². The van der Waals surface area contributed by atoms with Crippen molar-refractivity contribution in [2.75, 3.05) is 9.80 Å². The highest BCUT2D eigenvalue weighted by Crippen LogP contribution is 2.58.